The molecule has 0 aliphatic rings. The van der Waals surface area contributed by atoms with E-state index in [0.29, 0.717) is 13.0 Å². The van der Waals surface area contributed by atoms with E-state index in [2.05, 4.69) is 6.92 Å². The largest absolute Gasteiger partial charge is 0.480 e. The van der Waals surface area contributed by atoms with E-state index < -0.39 is 12.0 Å². The maximum Gasteiger partial charge on any atom is 0.320 e. The zero-order chi connectivity index (χ0) is 18.0. The number of aliphatic carboxylic acids is 1. The summed E-state index contributed by atoms with van der Waals surface area (Å²) in [5.41, 5.74) is 6.30. The summed E-state index contributed by atoms with van der Waals surface area (Å²) < 4.78 is 0. The SMILES string of the molecule is CCCCCCCCCCCO.NC(Cc1ccccc1)C(=O)O. The van der Waals surface area contributed by atoms with Crippen LogP contribution in [-0.2, 0) is 11.2 Å². The van der Waals surface area contributed by atoms with E-state index >= 15 is 0 Å². The molecule has 1 unspecified atom stereocenters. The smallest absolute Gasteiger partial charge is 0.320 e. The first-order valence-corrected chi connectivity index (χ1v) is 9.25. The van der Waals surface area contributed by atoms with Crippen molar-refractivity contribution in [3.05, 3.63) is 35.9 Å². The summed E-state index contributed by atoms with van der Waals surface area (Å²) in [5, 5.41) is 17.1. The Bertz CT molecular complexity index is 385. The third-order valence-corrected chi connectivity index (χ3v) is 3.88. The molecule has 0 bridgehead atoms. The van der Waals surface area contributed by atoms with Crippen molar-refractivity contribution in [2.75, 3.05) is 6.61 Å². The van der Waals surface area contributed by atoms with E-state index in [4.69, 9.17) is 15.9 Å². The highest BCUT2D eigenvalue weighted by molar-refractivity contribution is 5.73. The van der Waals surface area contributed by atoms with Crippen molar-refractivity contribution in [2.45, 2.75) is 77.2 Å². The molecule has 1 aromatic rings. The highest BCUT2D eigenvalue weighted by Crippen LogP contribution is 2.09. The minimum Gasteiger partial charge on any atom is -0.480 e. The molecule has 4 N–H and O–H groups in total. The van der Waals surface area contributed by atoms with Gasteiger partial charge in [-0.2, -0.15) is 0 Å². The summed E-state index contributed by atoms with van der Waals surface area (Å²) in [6.07, 6.45) is 12.2. The quantitative estimate of drug-likeness (QED) is 0.500. The average Bonchev–Trinajstić information content (AvgIpc) is 2.59. The van der Waals surface area contributed by atoms with Crippen molar-refractivity contribution < 1.29 is 15.0 Å². The predicted octanol–water partition coefficient (Wildman–Crippen LogP) is 4.15. The Morgan fingerprint density at radius 1 is 0.958 bits per heavy atom. The van der Waals surface area contributed by atoms with Crippen molar-refractivity contribution >= 4 is 5.97 Å². The fourth-order valence-corrected chi connectivity index (χ4v) is 2.38. The van der Waals surface area contributed by atoms with Crippen molar-refractivity contribution in [2.24, 2.45) is 5.73 Å². The van der Waals surface area contributed by atoms with E-state index in [0.717, 1.165) is 12.0 Å². The summed E-state index contributed by atoms with van der Waals surface area (Å²) in [5.74, 6) is -0.959. The van der Waals surface area contributed by atoms with Gasteiger partial charge < -0.3 is 15.9 Å². The highest BCUT2D eigenvalue weighted by Gasteiger charge is 2.10. The maximum atomic E-state index is 10.4. The van der Waals surface area contributed by atoms with Crippen LogP contribution in [0.3, 0.4) is 0 Å². The first kappa shape index (κ1) is 22.6. The van der Waals surface area contributed by atoms with E-state index in [-0.39, 0.29) is 0 Å². The van der Waals surface area contributed by atoms with E-state index in [1.807, 2.05) is 30.3 Å². The summed E-state index contributed by atoms with van der Waals surface area (Å²) in [7, 11) is 0. The number of benzene rings is 1. The molecule has 1 atom stereocenters. The third-order valence-electron chi connectivity index (χ3n) is 3.88. The molecule has 4 heteroatoms. The predicted molar refractivity (Wildman–Crippen MR) is 100 cm³/mol. The Labute approximate surface area is 147 Å². The van der Waals surface area contributed by atoms with Gasteiger partial charge >= 0.3 is 5.97 Å². The number of carboxylic acid groups (broad SMARTS) is 1. The lowest BCUT2D eigenvalue weighted by Gasteiger charge is -2.04. The molecule has 0 fully saturated rings. The Balaban J connectivity index is 0.000000441. The van der Waals surface area contributed by atoms with Crippen molar-refractivity contribution in [1.82, 2.24) is 0 Å². The number of hydrogen-bond acceptors (Lipinski definition) is 3. The van der Waals surface area contributed by atoms with E-state index in [1.54, 1.807) is 0 Å². The standard InChI is InChI=1S/C11H24O.C9H11NO2/c1-2-3-4-5-6-7-8-9-10-11-12;10-8(9(11)12)6-7-4-2-1-3-5-7/h12H,2-11H2,1H3;1-5,8H,6,10H2,(H,11,12). The normalized spacial score (nSPS) is 11.5. The van der Waals surface area contributed by atoms with Crippen LogP contribution in [0.4, 0.5) is 0 Å². The Hall–Kier alpha value is -1.39. The molecule has 1 aromatic carbocycles. The van der Waals surface area contributed by atoms with Gasteiger partial charge in [-0.15, -0.1) is 0 Å². The molecular weight excluding hydrogens is 302 g/mol. The van der Waals surface area contributed by atoms with Gasteiger partial charge in [-0.1, -0.05) is 88.6 Å². The van der Waals surface area contributed by atoms with Gasteiger partial charge in [0.15, 0.2) is 0 Å². The van der Waals surface area contributed by atoms with Gasteiger partial charge in [0.1, 0.15) is 6.04 Å². The topological polar surface area (TPSA) is 83.5 Å². The number of unbranched alkanes of at least 4 members (excludes halogenated alkanes) is 8. The minimum absolute atomic E-state index is 0.371. The molecule has 0 saturated heterocycles. The fraction of sp³-hybridized carbons (Fsp3) is 0.650. The number of hydrogen-bond donors (Lipinski definition) is 3. The summed E-state index contributed by atoms with van der Waals surface area (Å²) in [6, 6.07) is 8.54. The fourth-order valence-electron chi connectivity index (χ4n) is 2.38. The second-order valence-electron chi connectivity index (χ2n) is 6.19. The van der Waals surface area contributed by atoms with Gasteiger partial charge in [0.25, 0.3) is 0 Å². The zero-order valence-corrected chi connectivity index (χ0v) is 15.1. The highest BCUT2D eigenvalue weighted by atomic mass is 16.4. The second kappa shape index (κ2) is 16.5. The van der Waals surface area contributed by atoms with Crippen molar-refractivity contribution in [3.63, 3.8) is 0 Å². The number of rotatable bonds is 12. The zero-order valence-electron chi connectivity index (χ0n) is 15.1. The van der Waals surface area contributed by atoms with E-state index in [9.17, 15) is 4.79 Å². The molecule has 0 heterocycles. The molecule has 0 amide bonds. The molecule has 1 rings (SSSR count). The van der Waals surface area contributed by atoms with Gasteiger partial charge in [0.2, 0.25) is 0 Å². The molecule has 0 aliphatic carbocycles. The molecule has 24 heavy (non-hydrogen) atoms. The lowest BCUT2D eigenvalue weighted by Crippen LogP contribution is -2.32. The molecule has 138 valence electrons. The number of carboxylic acids is 1. The van der Waals surface area contributed by atoms with Gasteiger partial charge in [-0.3, -0.25) is 4.79 Å². The van der Waals surface area contributed by atoms with Crippen LogP contribution in [0.2, 0.25) is 0 Å². The monoisotopic (exact) mass is 337 g/mol. The summed E-state index contributed by atoms with van der Waals surface area (Å²) in [6.45, 7) is 2.62. The molecule has 0 aromatic heterocycles. The van der Waals surface area contributed by atoms with E-state index in [1.165, 1.54) is 51.4 Å². The number of nitrogens with two attached hydrogens (primary N) is 1. The average molecular weight is 338 g/mol. The lowest BCUT2D eigenvalue weighted by molar-refractivity contribution is -0.138. The Kier molecular flexibility index (Phi) is 15.5. The van der Waals surface area contributed by atoms with Crippen molar-refractivity contribution in [3.8, 4) is 0 Å². The van der Waals surface area contributed by atoms with Crippen LogP contribution in [0.1, 0.15) is 70.3 Å². The van der Waals surface area contributed by atoms with Crippen LogP contribution in [0.25, 0.3) is 0 Å². The second-order valence-corrected chi connectivity index (χ2v) is 6.19. The minimum atomic E-state index is -0.959. The van der Waals surface area contributed by atoms with Crippen LogP contribution >= 0.6 is 0 Å². The Morgan fingerprint density at radius 2 is 1.46 bits per heavy atom. The van der Waals surface area contributed by atoms with Crippen molar-refractivity contribution in [1.29, 1.82) is 0 Å². The summed E-state index contributed by atoms with van der Waals surface area (Å²) in [4.78, 5) is 10.4. The van der Waals surface area contributed by atoms with Crippen LogP contribution in [0.5, 0.6) is 0 Å². The number of aliphatic hydroxyl groups is 1. The lowest BCUT2D eigenvalue weighted by atomic mass is 10.1. The molecule has 0 aliphatic heterocycles. The maximum absolute atomic E-state index is 10.4. The first-order valence-electron chi connectivity index (χ1n) is 9.25. The molecule has 4 nitrogen and oxygen atoms in total. The van der Waals surface area contributed by atoms with Crippen LogP contribution < -0.4 is 5.73 Å². The molecular formula is C20H35NO3. The van der Waals surface area contributed by atoms with Gasteiger partial charge in [-0.05, 0) is 18.4 Å². The van der Waals surface area contributed by atoms with Gasteiger partial charge in [0.05, 0.1) is 0 Å². The van der Waals surface area contributed by atoms with Gasteiger partial charge in [0, 0.05) is 6.61 Å². The third kappa shape index (κ3) is 14.2. The molecule has 0 radical (unpaired) electrons. The van der Waals surface area contributed by atoms with Crippen LogP contribution in [0.15, 0.2) is 30.3 Å². The number of carbonyl (C=O) groups is 1. The molecule has 0 saturated carbocycles. The number of aliphatic hydroxyl groups excluding tert-OH is 1. The molecule has 0 spiro atoms. The Morgan fingerprint density at radius 3 is 1.92 bits per heavy atom. The van der Waals surface area contributed by atoms with Crippen LogP contribution in [0, 0.1) is 0 Å². The van der Waals surface area contributed by atoms with Crippen LogP contribution in [-0.4, -0.2) is 28.8 Å². The summed E-state index contributed by atoms with van der Waals surface area (Å²) >= 11 is 0. The first-order chi connectivity index (χ1) is 11.6. The van der Waals surface area contributed by atoms with Gasteiger partial charge in [-0.25, -0.2) is 0 Å².